The molecule has 156 valence electrons. The number of para-hydroxylation sites is 1. The fourth-order valence-corrected chi connectivity index (χ4v) is 3.72. The second kappa shape index (κ2) is 9.24. The van der Waals surface area contributed by atoms with Crippen molar-refractivity contribution in [3.05, 3.63) is 65.4 Å². The molecule has 1 aromatic heterocycles. The molecule has 0 radical (unpaired) electrons. The van der Waals surface area contributed by atoms with E-state index in [1.165, 1.54) is 0 Å². The summed E-state index contributed by atoms with van der Waals surface area (Å²) in [5, 5.41) is 8.51. The maximum atomic E-state index is 12.8. The molecule has 0 aliphatic carbocycles. The fourth-order valence-electron chi connectivity index (χ4n) is 3.72. The average molecular weight is 404 g/mol. The van der Waals surface area contributed by atoms with Gasteiger partial charge in [-0.05, 0) is 43.9 Å². The van der Waals surface area contributed by atoms with Crippen molar-refractivity contribution in [1.29, 1.82) is 0 Å². The number of fused-ring (bicyclic) bond motifs is 1. The molecule has 0 spiro atoms. The van der Waals surface area contributed by atoms with Crippen molar-refractivity contribution in [2.75, 3.05) is 53.4 Å². The predicted molar refractivity (Wildman–Crippen MR) is 122 cm³/mol. The highest BCUT2D eigenvalue weighted by Crippen LogP contribution is 2.18. The zero-order valence-electron chi connectivity index (χ0n) is 17.7. The number of rotatable bonds is 6. The highest BCUT2D eigenvalue weighted by Gasteiger charge is 2.21. The van der Waals surface area contributed by atoms with E-state index < -0.39 is 0 Å². The summed E-state index contributed by atoms with van der Waals surface area (Å²) in [5.74, 6) is 0.121. The van der Waals surface area contributed by atoms with Gasteiger partial charge < -0.3 is 9.80 Å². The van der Waals surface area contributed by atoms with E-state index in [-0.39, 0.29) is 5.91 Å². The van der Waals surface area contributed by atoms with Crippen LogP contribution in [-0.2, 0) is 0 Å². The van der Waals surface area contributed by atoms with E-state index in [0.29, 0.717) is 0 Å². The molecule has 0 unspecified atom stereocenters. The van der Waals surface area contributed by atoms with Crippen molar-refractivity contribution in [1.82, 2.24) is 24.9 Å². The van der Waals surface area contributed by atoms with Gasteiger partial charge in [-0.25, -0.2) is 0 Å². The smallest absolute Gasteiger partial charge is 0.253 e. The Labute approximate surface area is 177 Å². The molecule has 1 aliphatic heterocycles. The lowest BCUT2D eigenvalue weighted by atomic mass is 10.1. The van der Waals surface area contributed by atoms with E-state index in [9.17, 15) is 4.79 Å². The summed E-state index contributed by atoms with van der Waals surface area (Å²) >= 11 is 0. The van der Waals surface area contributed by atoms with Crippen molar-refractivity contribution in [2.24, 2.45) is 0 Å². The molecule has 2 aromatic carbocycles. The molecular formula is C24H29N5O. The molecule has 0 bridgehead atoms. The molecule has 0 saturated carbocycles. The maximum absolute atomic E-state index is 12.8. The van der Waals surface area contributed by atoms with Crippen LogP contribution in [0, 0.1) is 0 Å². The van der Waals surface area contributed by atoms with Crippen molar-refractivity contribution in [3.63, 3.8) is 0 Å². The molecule has 30 heavy (non-hydrogen) atoms. The Morgan fingerprint density at radius 2 is 1.77 bits per heavy atom. The van der Waals surface area contributed by atoms with E-state index in [4.69, 9.17) is 0 Å². The van der Waals surface area contributed by atoms with Crippen molar-refractivity contribution in [3.8, 4) is 0 Å². The summed E-state index contributed by atoms with van der Waals surface area (Å²) in [6.45, 7) is 5.58. The molecule has 1 amide bonds. The Kier molecular flexibility index (Phi) is 6.26. The molecule has 0 atom stereocenters. The van der Waals surface area contributed by atoms with E-state index in [1.807, 2.05) is 59.5 Å². The molecule has 4 rings (SSSR count). The summed E-state index contributed by atoms with van der Waals surface area (Å²) in [5.41, 5.74) is 3.74. The third-order valence-electron chi connectivity index (χ3n) is 5.61. The second-order valence-electron chi connectivity index (χ2n) is 8.05. The first-order valence-corrected chi connectivity index (χ1v) is 10.5. The summed E-state index contributed by atoms with van der Waals surface area (Å²) in [6, 6.07) is 15.9. The van der Waals surface area contributed by atoms with Crippen LogP contribution in [0.25, 0.3) is 23.1 Å². The van der Waals surface area contributed by atoms with Gasteiger partial charge in [0.25, 0.3) is 5.91 Å². The summed E-state index contributed by atoms with van der Waals surface area (Å²) < 4.78 is 0. The number of carbonyl (C=O) groups is 1. The average Bonchev–Trinajstić information content (AvgIpc) is 3.20. The highest BCUT2D eigenvalue weighted by atomic mass is 16.2. The molecule has 1 saturated heterocycles. The van der Waals surface area contributed by atoms with E-state index in [0.717, 1.165) is 67.0 Å². The fraction of sp³-hybridized carbons (Fsp3) is 0.333. The van der Waals surface area contributed by atoms with Crippen LogP contribution in [0.4, 0.5) is 0 Å². The zero-order valence-corrected chi connectivity index (χ0v) is 17.7. The van der Waals surface area contributed by atoms with Crippen LogP contribution in [0.3, 0.4) is 0 Å². The topological polar surface area (TPSA) is 55.5 Å². The number of hydrogen-bond donors (Lipinski definition) is 1. The number of likely N-dealkylation sites (N-methyl/N-ethyl adjacent to an activating group) is 1. The van der Waals surface area contributed by atoms with Crippen LogP contribution in [-0.4, -0.2) is 84.2 Å². The minimum absolute atomic E-state index is 0.121. The Bertz CT molecular complexity index is 1010. The van der Waals surface area contributed by atoms with Crippen molar-refractivity contribution >= 4 is 29.0 Å². The number of nitrogens with one attached hydrogen (secondary N) is 1. The number of H-pyrrole nitrogens is 1. The summed E-state index contributed by atoms with van der Waals surface area (Å²) in [4.78, 5) is 19.4. The van der Waals surface area contributed by atoms with Crippen LogP contribution in [0.1, 0.15) is 21.6 Å². The van der Waals surface area contributed by atoms with Crippen LogP contribution in [0.15, 0.2) is 48.5 Å². The number of amides is 1. The minimum atomic E-state index is 0.121. The quantitative estimate of drug-likeness (QED) is 0.687. The van der Waals surface area contributed by atoms with E-state index >= 15 is 0 Å². The Hall–Kier alpha value is -2.96. The van der Waals surface area contributed by atoms with Gasteiger partial charge in [-0.3, -0.25) is 14.8 Å². The van der Waals surface area contributed by atoms with Gasteiger partial charge in [-0.1, -0.05) is 36.4 Å². The van der Waals surface area contributed by atoms with Gasteiger partial charge in [0.15, 0.2) is 0 Å². The summed E-state index contributed by atoms with van der Waals surface area (Å²) in [7, 11) is 4.19. The number of nitrogens with zero attached hydrogens (tertiary/aromatic N) is 4. The van der Waals surface area contributed by atoms with Gasteiger partial charge in [-0.2, -0.15) is 5.10 Å². The Morgan fingerprint density at radius 1 is 1.03 bits per heavy atom. The van der Waals surface area contributed by atoms with Crippen LogP contribution < -0.4 is 0 Å². The first-order valence-electron chi connectivity index (χ1n) is 10.5. The summed E-state index contributed by atoms with van der Waals surface area (Å²) in [6.07, 6.45) is 4.03. The number of hydrogen-bond acceptors (Lipinski definition) is 4. The van der Waals surface area contributed by atoms with Gasteiger partial charge in [0.1, 0.15) is 0 Å². The highest BCUT2D eigenvalue weighted by molar-refractivity contribution is 5.95. The SMILES string of the molecule is CN(C)CCN1CCN(C(=O)c2ccc(C=Cc3n[nH]c4ccccc34)cc2)CC1. The number of aromatic nitrogens is 2. The van der Waals surface area contributed by atoms with Crippen LogP contribution >= 0.6 is 0 Å². The second-order valence-corrected chi connectivity index (χ2v) is 8.05. The molecule has 6 heteroatoms. The Balaban J connectivity index is 1.35. The monoisotopic (exact) mass is 403 g/mol. The lowest BCUT2D eigenvalue weighted by Gasteiger charge is -2.35. The first kappa shape index (κ1) is 20.3. The molecule has 3 aromatic rings. The molecule has 2 heterocycles. The third-order valence-corrected chi connectivity index (χ3v) is 5.61. The lowest BCUT2D eigenvalue weighted by molar-refractivity contribution is 0.0630. The van der Waals surface area contributed by atoms with Crippen molar-refractivity contribution in [2.45, 2.75) is 0 Å². The molecular weight excluding hydrogens is 374 g/mol. The van der Waals surface area contributed by atoms with Gasteiger partial charge in [0.05, 0.1) is 11.2 Å². The predicted octanol–water partition coefficient (Wildman–Crippen LogP) is 3.05. The van der Waals surface area contributed by atoms with E-state index in [2.05, 4.69) is 40.2 Å². The van der Waals surface area contributed by atoms with Gasteiger partial charge in [0.2, 0.25) is 0 Å². The number of benzene rings is 2. The first-order chi connectivity index (χ1) is 14.6. The molecule has 6 nitrogen and oxygen atoms in total. The minimum Gasteiger partial charge on any atom is -0.336 e. The normalized spacial score (nSPS) is 15.5. The third kappa shape index (κ3) is 4.78. The number of piperazine rings is 1. The molecule has 1 fully saturated rings. The molecule has 1 N–H and O–H groups in total. The van der Waals surface area contributed by atoms with Gasteiger partial charge in [-0.15, -0.1) is 0 Å². The largest absolute Gasteiger partial charge is 0.336 e. The van der Waals surface area contributed by atoms with E-state index in [1.54, 1.807) is 0 Å². The Morgan fingerprint density at radius 3 is 2.50 bits per heavy atom. The van der Waals surface area contributed by atoms with Crippen molar-refractivity contribution < 1.29 is 4.79 Å². The van der Waals surface area contributed by atoms with Gasteiger partial charge >= 0.3 is 0 Å². The number of aromatic amines is 1. The van der Waals surface area contributed by atoms with Crippen LogP contribution in [0.2, 0.25) is 0 Å². The number of carbonyl (C=O) groups excluding carboxylic acids is 1. The van der Waals surface area contributed by atoms with Crippen LogP contribution in [0.5, 0.6) is 0 Å². The lowest BCUT2D eigenvalue weighted by Crippen LogP contribution is -2.49. The van der Waals surface area contributed by atoms with Gasteiger partial charge in [0, 0.05) is 50.2 Å². The standard InChI is InChI=1S/C24H29N5O/c1-27(2)13-14-28-15-17-29(18-16-28)24(30)20-10-7-19(8-11-20)9-12-23-21-5-3-4-6-22(21)25-26-23/h3-12H,13-18H2,1-2H3,(H,25,26). The maximum Gasteiger partial charge on any atom is 0.253 e. The zero-order chi connectivity index (χ0) is 20.9. The molecule has 1 aliphatic rings.